The minimum atomic E-state index is -0.215. The minimum absolute atomic E-state index is 0.0750. The normalized spacial score (nSPS) is 11.2. The van der Waals surface area contributed by atoms with E-state index < -0.39 is 0 Å². The van der Waals surface area contributed by atoms with Gasteiger partial charge in [-0.25, -0.2) is 4.98 Å². The number of benzene rings is 3. The van der Waals surface area contributed by atoms with E-state index in [1.54, 1.807) is 10.6 Å². The van der Waals surface area contributed by atoms with Crippen LogP contribution in [-0.4, -0.2) is 32.8 Å². The van der Waals surface area contributed by atoms with Crippen molar-refractivity contribution >= 4 is 45.3 Å². The van der Waals surface area contributed by atoms with Crippen LogP contribution in [0.1, 0.15) is 18.1 Å². The molecule has 0 aliphatic rings. The second kappa shape index (κ2) is 9.91. The molecule has 2 heterocycles. The lowest BCUT2D eigenvalue weighted by atomic mass is 10.1. The van der Waals surface area contributed by atoms with Crippen molar-refractivity contribution in [2.75, 3.05) is 17.7 Å². The average Bonchev–Trinajstić information content (AvgIpc) is 3.25. The summed E-state index contributed by atoms with van der Waals surface area (Å²) in [6.45, 7) is 6.34. The molecule has 3 aromatic carbocycles. The van der Waals surface area contributed by atoms with Gasteiger partial charge in [-0.1, -0.05) is 54.2 Å². The van der Waals surface area contributed by atoms with Gasteiger partial charge in [-0.3, -0.25) is 14.2 Å². The van der Waals surface area contributed by atoms with E-state index in [9.17, 15) is 9.59 Å². The molecule has 0 aliphatic heterocycles. The summed E-state index contributed by atoms with van der Waals surface area (Å²) >= 11 is 1.23. The molecule has 0 aliphatic carbocycles. The highest BCUT2D eigenvalue weighted by molar-refractivity contribution is 7.99. The maximum absolute atomic E-state index is 13.8. The average molecular weight is 499 g/mol. The van der Waals surface area contributed by atoms with Crippen molar-refractivity contribution < 1.29 is 9.53 Å². The van der Waals surface area contributed by atoms with Crippen LogP contribution in [0.3, 0.4) is 0 Å². The molecule has 0 atom stereocenters. The number of nitrogens with zero attached hydrogens (tertiary/aromatic N) is 2. The number of fused-ring (bicyclic) bond motifs is 3. The predicted octanol–water partition coefficient (Wildman–Crippen LogP) is 5.61. The van der Waals surface area contributed by atoms with Gasteiger partial charge < -0.3 is 15.0 Å². The van der Waals surface area contributed by atoms with Crippen LogP contribution < -0.4 is 15.6 Å². The molecule has 0 unspecified atom stereocenters. The molecule has 5 aromatic rings. The maximum atomic E-state index is 13.8. The Bertz CT molecular complexity index is 1650. The SMILES string of the molecule is CCOc1ccccc1NC(=O)CSc1nc2c([nH]c3ccccc32)c(=O)n1-c1cc(C)ccc1C. The van der Waals surface area contributed by atoms with Crippen molar-refractivity contribution in [1.82, 2.24) is 14.5 Å². The van der Waals surface area contributed by atoms with Crippen LogP contribution in [0, 0.1) is 13.8 Å². The molecule has 182 valence electrons. The van der Waals surface area contributed by atoms with Crippen LogP contribution in [0.5, 0.6) is 5.75 Å². The Balaban J connectivity index is 1.56. The number of ether oxygens (including phenoxy) is 1. The smallest absolute Gasteiger partial charge is 0.283 e. The highest BCUT2D eigenvalue weighted by Crippen LogP contribution is 2.28. The monoisotopic (exact) mass is 498 g/mol. The number of anilines is 1. The van der Waals surface area contributed by atoms with Gasteiger partial charge in [0.25, 0.3) is 5.56 Å². The van der Waals surface area contributed by atoms with E-state index >= 15 is 0 Å². The second-order valence-electron chi connectivity index (χ2n) is 8.49. The van der Waals surface area contributed by atoms with Gasteiger partial charge in [0.05, 0.1) is 23.7 Å². The Hall–Kier alpha value is -4.04. The van der Waals surface area contributed by atoms with E-state index in [0.717, 1.165) is 27.7 Å². The Labute approximate surface area is 212 Å². The summed E-state index contributed by atoms with van der Waals surface area (Å²) in [5.74, 6) is 0.475. The zero-order valence-electron chi connectivity index (χ0n) is 20.3. The number of nitrogens with one attached hydrogen (secondary N) is 2. The molecule has 8 heteroatoms. The third kappa shape index (κ3) is 4.47. The van der Waals surface area contributed by atoms with E-state index in [1.165, 1.54) is 11.8 Å². The number of aryl methyl sites for hydroxylation is 2. The predicted molar refractivity (Wildman–Crippen MR) is 146 cm³/mol. The summed E-state index contributed by atoms with van der Waals surface area (Å²) < 4.78 is 7.22. The Kier molecular flexibility index (Phi) is 6.52. The van der Waals surface area contributed by atoms with Gasteiger partial charge in [-0.15, -0.1) is 0 Å². The van der Waals surface area contributed by atoms with Gasteiger partial charge in [-0.05, 0) is 56.2 Å². The molecular weight excluding hydrogens is 472 g/mol. The molecule has 0 radical (unpaired) electrons. The van der Waals surface area contributed by atoms with Crippen molar-refractivity contribution in [3.8, 4) is 11.4 Å². The standard InChI is InChI=1S/C28H26N4O3S/c1-4-35-23-12-8-7-11-21(23)29-24(33)16-36-28-31-25-19-9-5-6-10-20(19)30-26(25)27(34)32(28)22-15-17(2)13-14-18(22)3/h5-15,30H,4,16H2,1-3H3,(H,29,33). The zero-order valence-corrected chi connectivity index (χ0v) is 21.1. The summed E-state index contributed by atoms with van der Waals surface area (Å²) in [5, 5.41) is 4.24. The third-order valence-corrected chi connectivity index (χ3v) is 6.83. The first-order valence-electron chi connectivity index (χ1n) is 11.7. The molecule has 0 spiro atoms. The number of hydrogen-bond donors (Lipinski definition) is 2. The lowest BCUT2D eigenvalue weighted by Crippen LogP contribution is -2.23. The second-order valence-corrected chi connectivity index (χ2v) is 9.43. The number of aromatic amines is 1. The van der Waals surface area contributed by atoms with Crippen LogP contribution in [-0.2, 0) is 4.79 Å². The summed E-state index contributed by atoms with van der Waals surface area (Å²) in [5.41, 5.74) is 5.01. The minimum Gasteiger partial charge on any atom is -0.492 e. The summed E-state index contributed by atoms with van der Waals surface area (Å²) in [4.78, 5) is 34.8. The number of para-hydroxylation sites is 3. The lowest BCUT2D eigenvalue weighted by molar-refractivity contribution is -0.113. The maximum Gasteiger partial charge on any atom is 0.283 e. The number of hydrogen-bond acceptors (Lipinski definition) is 5. The third-order valence-electron chi connectivity index (χ3n) is 5.89. The fourth-order valence-electron chi connectivity index (χ4n) is 4.18. The molecule has 7 nitrogen and oxygen atoms in total. The van der Waals surface area contributed by atoms with E-state index in [0.29, 0.717) is 34.2 Å². The highest BCUT2D eigenvalue weighted by Gasteiger charge is 2.19. The van der Waals surface area contributed by atoms with Gasteiger partial charge in [-0.2, -0.15) is 0 Å². The molecule has 0 saturated carbocycles. The first-order valence-corrected chi connectivity index (χ1v) is 12.7. The number of H-pyrrole nitrogens is 1. The lowest BCUT2D eigenvalue weighted by Gasteiger charge is -2.15. The molecule has 2 N–H and O–H groups in total. The highest BCUT2D eigenvalue weighted by atomic mass is 32.2. The summed E-state index contributed by atoms with van der Waals surface area (Å²) in [7, 11) is 0. The molecule has 5 rings (SSSR count). The fourth-order valence-corrected chi connectivity index (χ4v) is 4.98. The van der Waals surface area contributed by atoms with Crippen molar-refractivity contribution in [1.29, 1.82) is 0 Å². The van der Waals surface area contributed by atoms with Crippen molar-refractivity contribution in [3.05, 3.63) is 88.2 Å². The van der Waals surface area contributed by atoms with Crippen LogP contribution in [0.2, 0.25) is 0 Å². The van der Waals surface area contributed by atoms with Crippen molar-refractivity contribution in [2.45, 2.75) is 25.9 Å². The van der Waals surface area contributed by atoms with Gasteiger partial charge in [0.2, 0.25) is 5.91 Å². The van der Waals surface area contributed by atoms with E-state index in [4.69, 9.17) is 9.72 Å². The van der Waals surface area contributed by atoms with Crippen molar-refractivity contribution in [3.63, 3.8) is 0 Å². The first-order chi connectivity index (χ1) is 17.5. The van der Waals surface area contributed by atoms with Gasteiger partial charge >= 0.3 is 0 Å². The van der Waals surface area contributed by atoms with E-state index in [-0.39, 0.29) is 17.2 Å². The largest absolute Gasteiger partial charge is 0.492 e. The van der Waals surface area contributed by atoms with Gasteiger partial charge in [0.15, 0.2) is 5.16 Å². The van der Waals surface area contributed by atoms with Crippen LogP contribution in [0.25, 0.3) is 27.6 Å². The number of rotatable bonds is 7. The molecule has 0 saturated heterocycles. The number of carbonyl (C=O) groups excluding carboxylic acids is 1. The topological polar surface area (TPSA) is 89.0 Å². The molecular formula is C28H26N4O3S. The van der Waals surface area contributed by atoms with Crippen LogP contribution in [0.4, 0.5) is 5.69 Å². The first kappa shape index (κ1) is 23.7. The van der Waals surface area contributed by atoms with E-state index in [1.807, 2.05) is 81.4 Å². The Morgan fingerprint density at radius 2 is 1.86 bits per heavy atom. The molecule has 0 bridgehead atoms. The van der Waals surface area contributed by atoms with Crippen LogP contribution in [0.15, 0.2) is 76.7 Å². The summed E-state index contributed by atoms with van der Waals surface area (Å²) in [6.07, 6.45) is 0. The fraction of sp³-hybridized carbons (Fsp3) is 0.179. The van der Waals surface area contributed by atoms with Crippen LogP contribution >= 0.6 is 11.8 Å². The van der Waals surface area contributed by atoms with Crippen molar-refractivity contribution in [2.24, 2.45) is 0 Å². The zero-order chi connectivity index (χ0) is 25.2. The number of amides is 1. The van der Waals surface area contributed by atoms with Gasteiger partial charge in [0, 0.05) is 10.9 Å². The van der Waals surface area contributed by atoms with Gasteiger partial charge in [0.1, 0.15) is 16.8 Å². The Morgan fingerprint density at radius 1 is 1.08 bits per heavy atom. The molecule has 2 aromatic heterocycles. The summed E-state index contributed by atoms with van der Waals surface area (Å²) in [6, 6.07) is 21.0. The molecule has 36 heavy (non-hydrogen) atoms. The quantitative estimate of drug-likeness (QED) is 0.225. The Morgan fingerprint density at radius 3 is 2.69 bits per heavy atom. The molecule has 1 amide bonds. The molecule has 0 fully saturated rings. The van der Waals surface area contributed by atoms with E-state index in [2.05, 4.69) is 10.3 Å². The number of aromatic nitrogens is 3. The number of carbonyl (C=O) groups is 1. The number of thioether (sulfide) groups is 1.